The second kappa shape index (κ2) is 8.16. The number of hydrogen-bond acceptors (Lipinski definition) is 5. The Morgan fingerprint density at radius 3 is 2.79 bits per heavy atom. The van der Waals surface area contributed by atoms with Gasteiger partial charge in [0.1, 0.15) is 11.6 Å². The largest absolute Gasteiger partial charge is 0.496 e. The third kappa shape index (κ3) is 3.81. The van der Waals surface area contributed by atoms with Crippen molar-refractivity contribution in [2.75, 3.05) is 26.9 Å². The maximum absolute atomic E-state index is 10.0. The lowest BCUT2D eigenvalue weighted by Crippen LogP contribution is -2.37. The summed E-state index contributed by atoms with van der Waals surface area (Å²) in [7, 11) is 1.68. The molecule has 28 heavy (non-hydrogen) atoms. The van der Waals surface area contributed by atoms with E-state index in [0.717, 1.165) is 42.1 Å². The van der Waals surface area contributed by atoms with Gasteiger partial charge in [-0.3, -0.25) is 4.68 Å². The van der Waals surface area contributed by atoms with Gasteiger partial charge in [-0.2, -0.15) is 5.10 Å². The zero-order valence-corrected chi connectivity index (χ0v) is 16.1. The molecule has 148 valence electrons. The van der Waals surface area contributed by atoms with E-state index in [9.17, 15) is 5.11 Å². The predicted octanol–water partition coefficient (Wildman–Crippen LogP) is 2.59. The van der Waals surface area contributed by atoms with Gasteiger partial charge >= 0.3 is 0 Å². The molecule has 0 bridgehead atoms. The first-order valence-corrected chi connectivity index (χ1v) is 9.57. The zero-order valence-electron chi connectivity index (χ0n) is 16.1. The average Bonchev–Trinajstić information content (AvgIpc) is 3.41. The van der Waals surface area contributed by atoms with Crippen molar-refractivity contribution in [3.8, 4) is 17.1 Å². The standard InChI is InChI=1S/C21H26N4O3/c1-27-19-4-3-17(13-18(19)14-25-9-2-7-23-25)20-22-8-10-24(20)15-21(16-26)5-11-28-12-6-21/h2-4,7-10,13,26H,5-6,11-12,14-16H2,1H3. The molecule has 1 saturated heterocycles. The van der Waals surface area contributed by atoms with Crippen molar-refractivity contribution in [3.05, 3.63) is 54.6 Å². The first kappa shape index (κ1) is 18.7. The maximum atomic E-state index is 10.0. The molecule has 0 saturated carbocycles. The number of nitrogens with zero attached hydrogens (tertiary/aromatic N) is 4. The lowest BCUT2D eigenvalue weighted by molar-refractivity contribution is -0.0250. The van der Waals surface area contributed by atoms with Crippen LogP contribution in [0.3, 0.4) is 0 Å². The van der Waals surface area contributed by atoms with Crippen LogP contribution >= 0.6 is 0 Å². The van der Waals surface area contributed by atoms with Crippen molar-refractivity contribution in [1.82, 2.24) is 19.3 Å². The minimum atomic E-state index is -0.155. The summed E-state index contributed by atoms with van der Waals surface area (Å²) in [5.74, 6) is 1.72. The lowest BCUT2D eigenvalue weighted by Gasteiger charge is -2.36. The van der Waals surface area contributed by atoms with Crippen molar-refractivity contribution >= 4 is 0 Å². The first-order valence-electron chi connectivity index (χ1n) is 9.57. The second-order valence-electron chi connectivity index (χ2n) is 7.38. The Hall–Kier alpha value is -2.64. The average molecular weight is 382 g/mol. The number of rotatable bonds is 7. The summed E-state index contributed by atoms with van der Waals surface area (Å²) in [6.45, 7) is 2.90. The van der Waals surface area contributed by atoms with Gasteiger partial charge in [-0.25, -0.2) is 4.98 Å². The number of ether oxygens (including phenoxy) is 2. The number of hydrogen-bond donors (Lipinski definition) is 1. The number of methoxy groups -OCH3 is 1. The summed E-state index contributed by atoms with van der Waals surface area (Å²) in [5.41, 5.74) is 1.91. The number of imidazole rings is 1. The fourth-order valence-corrected chi connectivity index (χ4v) is 3.84. The van der Waals surface area contributed by atoms with Crippen LogP contribution in [0, 0.1) is 5.41 Å². The highest BCUT2D eigenvalue weighted by molar-refractivity contribution is 5.59. The van der Waals surface area contributed by atoms with E-state index in [1.165, 1.54) is 0 Å². The van der Waals surface area contributed by atoms with Crippen LogP contribution in [0.25, 0.3) is 11.4 Å². The topological polar surface area (TPSA) is 74.3 Å². The van der Waals surface area contributed by atoms with E-state index >= 15 is 0 Å². The van der Waals surface area contributed by atoms with E-state index in [1.807, 2.05) is 41.5 Å². The molecule has 1 aromatic carbocycles. The van der Waals surface area contributed by atoms with Gasteiger partial charge in [0, 0.05) is 61.1 Å². The first-order chi connectivity index (χ1) is 13.7. The Labute approximate surface area is 164 Å². The molecule has 7 nitrogen and oxygen atoms in total. The molecule has 0 unspecified atom stereocenters. The fraction of sp³-hybridized carbons (Fsp3) is 0.429. The Morgan fingerprint density at radius 2 is 2.07 bits per heavy atom. The Bertz CT molecular complexity index is 898. The molecule has 1 N–H and O–H groups in total. The van der Waals surface area contributed by atoms with Gasteiger partial charge < -0.3 is 19.1 Å². The summed E-state index contributed by atoms with van der Waals surface area (Å²) in [6.07, 6.45) is 9.22. The lowest BCUT2D eigenvalue weighted by atomic mass is 9.81. The molecule has 0 spiro atoms. The smallest absolute Gasteiger partial charge is 0.139 e. The number of aliphatic hydroxyl groups excluding tert-OH is 1. The summed E-state index contributed by atoms with van der Waals surface area (Å²) in [6, 6.07) is 8.02. The van der Waals surface area contributed by atoms with E-state index in [0.29, 0.717) is 19.8 Å². The Kier molecular flexibility index (Phi) is 5.45. The molecule has 0 radical (unpaired) electrons. The molecule has 7 heteroatoms. The van der Waals surface area contributed by atoms with Crippen LogP contribution in [0.1, 0.15) is 18.4 Å². The summed E-state index contributed by atoms with van der Waals surface area (Å²) >= 11 is 0. The van der Waals surface area contributed by atoms with Crippen LogP contribution in [0.15, 0.2) is 49.1 Å². The van der Waals surface area contributed by atoms with E-state index in [1.54, 1.807) is 13.3 Å². The van der Waals surface area contributed by atoms with Crippen molar-refractivity contribution in [1.29, 1.82) is 0 Å². The fourth-order valence-electron chi connectivity index (χ4n) is 3.84. The highest BCUT2D eigenvalue weighted by Gasteiger charge is 2.33. The van der Waals surface area contributed by atoms with Gasteiger partial charge in [-0.05, 0) is 37.1 Å². The maximum Gasteiger partial charge on any atom is 0.139 e. The highest BCUT2D eigenvalue weighted by Crippen LogP contribution is 2.34. The molecule has 0 atom stereocenters. The third-order valence-electron chi connectivity index (χ3n) is 5.54. The number of aliphatic hydroxyl groups is 1. The molecule has 3 heterocycles. The van der Waals surface area contributed by atoms with Gasteiger partial charge in [0.15, 0.2) is 0 Å². The molecule has 2 aromatic heterocycles. The van der Waals surface area contributed by atoms with Crippen molar-refractivity contribution in [3.63, 3.8) is 0 Å². The molecule has 3 aromatic rings. The van der Waals surface area contributed by atoms with E-state index in [-0.39, 0.29) is 12.0 Å². The van der Waals surface area contributed by atoms with Gasteiger partial charge in [-0.1, -0.05) is 0 Å². The van der Waals surface area contributed by atoms with E-state index in [4.69, 9.17) is 9.47 Å². The molecular formula is C21H26N4O3. The predicted molar refractivity (Wildman–Crippen MR) is 105 cm³/mol. The molecule has 1 aliphatic rings. The molecule has 1 fully saturated rings. The van der Waals surface area contributed by atoms with Gasteiger partial charge in [-0.15, -0.1) is 0 Å². The number of benzene rings is 1. The highest BCUT2D eigenvalue weighted by atomic mass is 16.5. The SMILES string of the molecule is COc1ccc(-c2nccn2CC2(CO)CCOCC2)cc1Cn1cccn1. The number of aromatic nitrogens is 4. The van der Waals surface area contributed by atoms with Crippen molar-refractivity contribution in [2.45, 2.75) is 25.9 Å². The minimum absolute atomic E-state index is 0.154. The van der Waals surface area contributed by atoms with Crippen LogP contribution in [-0.4, -0.2) is 51.4 Å². The normalized spacial score (nSPS) is 16.2. The second-order valence-corrected chi connectivity index (χ2v) is 7.38. The summed E-state index contributed by atoms with van der Waals surface area (Å²) < 4.78 is 15.0. The van der Waals surface area contributed by atoms with E-state index < -0.39 is 0 Å². The van der Waals surface area contributed by atoms with E-state index in [2.05, 4.69) is 20.7 Å². The molecule has 1 aliphatic heterocycles. The van der Waals surface area contributed by atoms with Crippen LogP contribution in [-0.2, 0) is 17.8 Å². The zero-order chi connectivity index (χ0) is 19.4. The molecule has 0 amide bonds. The Balaban J connectivity index is 1.64. The molecule has 0 aliphatic carbocycles. The van der Waals surface area contributed by atoms with Crippen LogP contribution in [0.2, 0.25) is 0 Å². The van der Waals surface area contributed by atoms with Gasteiger partial charge in [0.05, 0.1) is 20.3 Å². The van der Waals surface area contributed by atoms with Crippen LogP contribution in [0.5, 0.6) is 5.75 Å². The minimum Gasteiger partial charge on any atom is -0.496 e. The molecule has 4 rings (SSSR count). The third-order valence-corrected chi connectivity index (χ3v) is 5.54. The Morgan fingerprint density at radius 1 is 1.21 bits per heavy atom. The van der Waals surface area contributed by atoms with Gasteiger partial charge in [0.25, 0.3) is 0 Å². The van der Waals surface area contributed by atoms with Crippen LogP contribution in [0.4, 0.5) is 0 Å². The van der Waals surface area contributed by atoms with Crippen LogP contribution < -0.4 is 4.74 Å². The van der Waals surface area contributed by atoms with Crippen molar-refractivity contribution < 1.29 is 14.6 Å². The summed E-state index contributed by atoms with van der Waals surface area (Å²) in [4.78, 5) is 4.60. The monoisotopic (exact) mass is 382 g/mol. The quantitative estimate of drug-likeness (QED) is 0.680. The molecular weight excluding hydrogens is 356 g/mol. The summed E-state index contributed by atoms with van der Waals surface area (Å²) in [5, 5.41) is 14.3. The van der Waals surface area contributed by atoms with Crippen molar-refractivity contribution in [2.24, 2.45) is 5.41 Å². The van der Waals surface area contributed by atoms with Gasteiger partial charge in [0.2, 0.25) is 0 Å².